The zero-order valence-corrected chi connectivity index (χ0v) is 9.81. The smallest absolute Gasteiger partial charge is 0.0972 e. The average molecular weight is 235 g/mol. The van der Waals surface area contributed by atoms with Gasteiger partial charge < -0.3 is 5.11 Å². The highest BCUT2D eigenvalue weighted by Gasteiger charge is 2.16. The molecule has 0 saturated heterocycles. The van der Waals surface area contributed by atoms with E-state index in [2.05, 4.69) is 14.6 Å². The summed E-state index contributed by atoms with van der Waals surface area (Å²) in [7, 11) is 0. The largest absolute Gasteiger partial charge is 0.387 e. The van der Waals surface area contributed by atoms with Crippen molar-refractivity contribution in [3.8, 4) is 0 Å². The fourth-order valence-corrected chi connectivity index (χ4v) is 2.25. The number of pyridine rings is 1. The van der Waals surface area contributed by atoms with E-state index in [9.17, 15) is 5.11 Å². The van der Waals surface area contributed by atoms with E-state index in [-0.39, 0.29) is 0 Å². The SMILES string of the molecule is CCc1nnsc1C(O)Cc1ccccn1. The fraction of sp³-hybridized carbons (Fsp3) is 0.364. The average Bonchev–Trinajstić information content (AvgIpc) is 2.78. The van der Waals surface area contributed by atoms with E-state index in [1.807, 2.05) is 25.1 Å². The van der Waals surface area contributed by atoms with Gasteiger partial charge >= 0.3 is 0 Å². The molecule has 2 aromatic rings. The van der Waals surface area contributed by atoms with Crippen LogP contribution in [0.2, 0.25) is 0 Å². The molecule has 0 aliphatic rings. The van der Waals surface area contributed by atoms with Crippen LogP contribution in [0.1, 0.15) is 29.3 Å². The monoisotopic (exact) mass is 235 g/mol. The lowest BCUT2D eigenvalue weighted by Crippen LogP contribution is -2.03. The van der Waals surface area contributed by atoms with Crippen LogP contribution in [0.5, 0.6) is 0 Å². The van der Waals surface area contributed by atoms with Gasteiger partial charge in [-0.15, -0.1) is 5.10 Å². The minimum atomic E-state index is -0.551. The molecule has 1 unspecified atom stereocenters. The summed E-state index contributed by atoms with van der Waals surface area (Å²) in [6.07, 6.45) is 2.49. The lowest BCUT2D eigenvalue weighted by Gasteiger charge is -2.08. The first-order valence-corrected chi connectivity index (χ1v) is 5.97. The summed E-state index contributed by atoms with van der Waals surface area (Å²) < 4.78 is 3.87. The van der Waals surface area contributed by atoms with Crippen molar-refractivity contribution in [2.45, 2.75) is 25.9 Å². The van der Waals surface area contributed by atoms with Gasteiger partial charge in [0, 0.05) is 18.3 Å². The van der Waals surface area contributed by atoms with Gasteiger partial charge in [0.1, 0.15) is 0 Å². The fourth-order valence-electron chi connectivity index (χ4n) is 1.52. The van der Waals surface area contributed by atoms with Crippen molar-refractivity contribution in [2.24, 2.45) is 0 Å². The summed E-state index contributed by atoms with van der Waals surface area (Å²) in [6.45, 7) is 2.01. The highest BCUT2D eigenvalue weighted by Crippen LogP contribution is 2.23. The molecule has 0 amide bonds. The Labute approximate surface area is 98.2 Å². The summed E-state index contributed by atoms with van der Waals surface area (Å²) in [5.74, 6) is 0. The van der Waals surface area contributed by atoms with E-state index in [0.29, 0.717) is 6.42 Å². The highest BCUT2D eigenvalue weighted by atomic mass is 32.1. The van der Waals surface area contributed by atoms with E-state index in [4.69, 9.17) is 0 Å². The van der Waals surface area contributed by atoms with Crippen LogP contribution < -0.4 is 0 Å². The quantitative estimate of drug-likeness (QED) is 0.877. The molecule has 0 saturated carbocycles. The molecular formula is C11H13N3OS. The summed E-state index contributed by atoms with van der Waals surface area (Å²) in [6, 6.07) is 5.69. The molecule has 0 bridgehead atoms. The van der Waals surface area contributed by atoms with Gasteiger partial charge in [0.2, 0.25) is 0 Å². The second-order valence-corrected chi connectivity index (χ2v) is 4.26. The molecule has 0 aliphatic carbocycles. The highest BCUT2D eigenvalue weighted by molar-refractivity contribution is 7.05. The maximum absolute atomic E-state index is 10.1. The molecule has 0 aromatic carbocycles. The van der Waals surface area contributed by atoms with Crippen molar-refractivity contribution in [1.82, 2.24) is 14.6 Å². The Kier molecular flexibility index (Phi) is 3.58. The number of nitrogens with zero attached hydrogens (tertiary/aromatic N) is 3. The normalized spacial score (nSPS) is 12.6. The molecule has 0 radical (unpaired) electrons. The summed E-state index contributed by atoms with van der Waals surface area (Å²) in [5, 5.41) is 14.1. The van der Waals surface area contributed by atoms with Crippen LogP contribution in [0.25, 0.3) is 0 Å². The maximum Gasteiger partial charge on any atom is 0.0972 e. The molecule has 0 fully saturated rings. The molecule has 16 heavy (non-hydrogen) atoms. The topological polar surface area (TPSA) is 58.9 Å². The molecule has 84 valence electrons. The third-order valence-corrected chi connectivity index (χ3v) is 3.22. The van der Waals surface area contributed by atoms with E-state index >= 15 is 0 Å². The first-order chi connectivity index (χ1) is 7.81. The molecule has 0 spiro atoms. The number of aryl methyl sites for hydroxylation is 1. The third kappa shape index (κ3) is 2.43. The van der Waals surface area contributed by atoms with E-state index < -0.39 is 6.10 Å². The summed E-state index contributed by atoms with van der Waals surface area (Å²) >= 11 is 1.26. The molecule has 2 heterocycles. The van der Waals surface area contributed by atoms with Gasteiger partial charge in [-0.3, -0.25) is 4.98 Å². The first-order valence-electron chi connectivity index (χ1n) is 5.20. The van der Waals surface area contributed by atoms with Gasteiger partial charge in [0.15, 0.2) is 0 Å². The minimum Gasteiger partial charge on any atom is -0.387 e. The van der Waals surface area contributed by atoms with Crippen LogP contribution in [0.15, 0.2) is 24.4 Å². The zero-order valence-electron chi connectivity index (χ0n) is 9.00. The summed E-state index contributed by atoms with van der Waals surface area (Å²) in [5.41, 5.74) is 1.76. The Bertz CT molecular complexity index is 444. The number of hydrogen-bond acceptors (Lipinski definition) is 5. The van der Waals surface area contributed by atoms with Crippen LogP contribution in [0, 0.1) is 0 Å². The van der Waals surface area contributed by atoms with Gasteiger partial charge in [-0.2, -0.15) is 0 Å². The standard InChI is InChI=1S/C11H13N3OS/c1-2-9-11(16-14-13-9)10(15)7-8-5-3-4-6-12-8/h3-6,10,15H,2,7H2,1H3. The third-order valence-electron chi connectivity index (χ3n) is 2.35. The van der Waals surface area contributed by atoms with Gasteiger partial charge in [0.05, 0.1) is 16.7 Å². The molecule has 1 atom stereocenters. The second kappa shape index (κ2) is 5.14. The van der Waals surface area contributed by atoms with Gasteiger partial charge in [0.25, 0.3) is 0 Å². The molecular weight excluding hydrogens is 222 g/mol. The van der Waals surface area contributed by atoms with Crippen LogP contribution >= 0.6 is 11.5 Å². The van der Waals surface area contributed by atoms with E-state index in [0.717, 1.165) is 22.7 Å². The Balaban J connectivity index is 2.11. The van der Waals surface area contributed by atoms with Crippen molar-refractivity contribution in [3.63, 3.8) is 0 Å². The number of rotatable bonds is 4. The first kappa shape index (κ1) is 11.2. The Morgan fingerprint density at radius 3 is 3.00 bits per heavy atom. The molecule has 1 N–H and O–H groups in total. The maximum atomic E-state index is 10.1. The van der Waals surface area contributed by atoms with Crippen LogP contribution in [-0.2, 0) is 12.8 Å². The summed E-state index contributed by atoms with van der Waals surface area (Å²) in [4.78, 5) is 5.04. The van der Waals surface area contributed by atoms with Crippen molar-refractivity contribution >= 4 is 11.5 Å². The van der Waals surface area contributed by atoms with Crippen LogP contribution in [0.3, 0.4) is 0 Å². The van der Waals surface area contributed by atoms with E-state index in [1.165, 1.54) is 11.5 Å². The van der Waals surface area contributed by atoms with Crippen LogP contribution in [0.4, 0.5) is 0 Å². The van der Waals surface area contributed by atoms with Crippen molar-refractivity contribution < 1.29 is 5.11 Å². The van der Waals surface area contributed by atoms with Crippen molar-refractivity contribution in [2.75, 3.05) is 0 Å². The van der Waals surface area contributed by atoms with Gasteiger partial charge in [-0.25, -0.2) is 0 Å². The van der Waals surface area contributed by atoms with Gasteiger partial charge in [-0.1, -0.05) is 17.5 Å². The predicted octanol–water partition coefficient (Wildman–Crippen LogP) is 1.77. The predicted molar refractivity (Wildman–Crippen MR) is 62.2 cm³/mol. The Morgan fingerprint density at radius 1 is 1.44 bits per heavy atom. The minimum absolute atomic E-state index is 0.512. The van der Waals surface area contributed by atoms with Crippen molar-refractivity contribution in [1.29, 1.82) is 0 Å². The van der Waals surface area contributed by atoms with Crippen molar-refractivity contribution in [3.05, 3.63) is 40.7 Å². The number of aliphatic hydroxyl groups excluding tert-OH is 1. The molecule has 4 nitrogen and oxygen atoms in total. The number of hydrogen-bond donors (Lipinski definition) is 1. The van der Waals surface area contributed by atoms with E-state index in [1.54, 1.807) is 6.20 Å². The Morgan fingerprint density at radius 2 is 2.31 bits per heavy atom. The molecule has 2 aromatic heterocycles. The van der Waals surface area contributed by atoms with Gasteiger partial charge in [-0.05, 0) is 30.1 Å². The number of aromatic nitrogens is 3. The van der Waals surface area contributed by atoms with Crippen LogP contribution in [-0.4, -0.2) is 19.7 Å². The molecule has 0 aliphatic heterocycles. The zero-order chi connectivity index (χ0) is 11.4. The molecule has 2 rings (SSSR count). The molecule has 5 heteroatoms. The lowest BCUT2D eigenvalue weighted by molar-refractivity contribution is 0.180. The second-order valence-electron chi connectivity index (χ2n) is 3.48. The Hall–Kier alpha value is -1.33. The number of aliphatic hydroxyl groups is 1. The lowest BCUT2D eigenvalue weighted by atomic mass is 10.1.